The number of H-pyrrole nitrogens is 1. The normalized spacial score (nSPS) is 11.8. The number of unbranched alkanes of at least 4 members (excludes halogenated alkanes) is 1. The Kier molecular flexibility index (Phi) is 4.05. The minimum Gasteiger partial charge on any atom is -0.396 e. The van der Waals surface area contributed by atoms with E-state index in [1.165, 1.54) is 12.4 Å². The van der Waals surface area contributed by atoms with Crippen LogP contribution in [0.4, 0.5) is 0 Å². The Morgan fingerprint density at radius 1 is 1.50 bits per heavy atom. The molecule has 14 heavy (non-hydrogen) atoms. The minimum atomic E-state index is -3.42. The van der Waals surface area contributed by atoms with Crippen LogP contribution in [0.25, 0.3) is 0 Å². The van der Waals surface area contributed by atoms with Crippen molar-refractivity contribution in [1.82, 2.24) is 14.9 Å². The van der Waals surface area contributed by atoms with Crippen molar-refractivity contribution in [3.8, 4) is 0 Å². The van der Waals surface area contributed by atoms with Gasteiger partial charge >= 0.3 is 0 Å². The van der Waals surface area contributed by atoms with Crippen LogP contribution < -0.4 is 4.72 Å². The second kappa shape index (κ2) is 5.08. The molecule has 7 heteroatoms. The molecule has 0 aliphatic heterocycles. The Balaban J connectivity index is 2.44. The average molecular weight is 219 g/mol. The highest BCUT2D eigenvalue weighted by molar-refractivity contribution is 7.89. The molecule has 0 saturated carbocycles. The van der Waals surface area contributed by atoms with Crippen LogP contribution >= 0.6 is 0 Å². The maximum Gasteiger partial charge on any atom is 0.243 e. The van der Waals surface area contributed by atoms with Gasteiger partial charge in [0.25, 0.3) is 0 Å². The van der Waals surface area contributed by atoms with E-state index in [0.717, 1.165) is 0 Å². The first-order valence-corrected chi connectivity index (χ1v) is 5.74. The van der Waals surface area contributed by atoms with E-state index >= 15 is 0 Å². The lowest BCUT2D eigenvalue weighted by atomic mass is 10.3. The molecule has 0 spiro atoms. The predicted molar refractivity (Wildman–Crippen MR) is 50.1 cm³/mol. The second-order valence-corrected chi connectivity index (χ2v) is 4.53. The fourth-order valence-corrected chi connectivity index (χ4v) is 1.89. The van der Waals surface area contributed by atoms with Gasteiger partial charge in [0.05, 0.1) is 6.20 Å². The van der Waals surface area contributed by atoms with Crippen molar-refractivity contribution < 1.29 is 13.5 Å². The quantitative estimate of drug-likeness (QED) is 0.560. The number of aliphatic hydroxyl groups is 1. The third kappa shape index (κ3) is 3.09. The highest BCUT2D eigenvalue weighted by Gasteiger charge is 2.13. The molecule has 1 heterocycles. The molecule has 3 N–H and O–H groups in total. The van der Waals surface area contributed by atoms with E-state index < -0.39 is 10.0 Å². The molecule has 0 aromatic carbocycles. The van der Waals surface area contributed by atoms with Gasteiger partial charge in [-0.15, -0.1) is 0 Å². The number of aromatic nitrogens is 2. The number of aliphatic hydroxyl groups excluding tert-OH is 1. The summed E-state index contributed by atoms with van der Waals surface area (Å²) in [7, 11) is -3.42. The molecule has 0 aliphatic rings. The van der Waals surface area contributed by atoms with Crippen molar-refractivity contribution in [2.24, 2.45) is 0 Å². The van der Waals surface area contributed by atoms with Crippen LogP contribution in [0.3, 0.4) is 0 Å². The van der Waals surface area contributed by atoms with Gasteiger partial charge in [-0.25, -0.2) is 13.1 Å². The molecule has 0 atom stereocenters. The van der Waals surface area contributed by atoms with Gasteiger partial charge in [0.1, 0.15) is 4.90 Å². The summed E-state index contributed by atoms with van der Waals surface area (Å²) in [6.07, 6.45) is 3.77. The number of hydrogen-bond acceptors (Lipinski definition) is 4. The standard InChI is InChI=1S/C7H13N3O3S/c11-4-2-1-3-10-14(12,13)7-5-8-9-6-7/h5-6,10-11H,1-4H2,(H,8,9). The number of hydrogen-bond donors (Lipinski definition) is 3. The zero-order valence-corrected chi connectivity index (χ0v) is 8.42. The lowest BCUT2D eigenvalue weighted by Gasteiger charge is -2.02. The highest BCUT2D eigenvalue weighted by Crippen LogP contribution is 2.03. The number of rotatable bonds is 6. The van der Waals surface area contributed by atoms with Crippen molar-refractivity contribution in [3.63, 3.8) is 0 Å². The maximum absolute atomic E-state index is 11.4. The molecule has 1 aromatic heterocycles. The van der Waals surface area contributed by atoms with Crippen molar-refractivity contribution in [2.75, 3.05) is 13.2 Å². The summed E-state index contributed by atoms with van der Waals surface area (Å²) < 4.78 is 25.2. The maximum atomic E-state index is 11.4. The number of aromatic amines is 1. The third-order valence-electron chi connectivity index (χ3n) is 1.66. The van der Waals surface area contributed by atoms with E-state index in [2.05, 4.69) is 14.9 Å². The fourth-order valence-electron chi connectivity index (χ4n) is 0.913. The average Bonchev–Trinajstić information content (AvgIpc) is 2.65. The molecule has 1 rings (SSSR count). The minimum absolute atomic E-state index is 0.0768. The number of sulfonamides is 1. The van der Waals surface area contributed by atoms with Crippen LogP contribution in [-0.2, 0) is 10.0 Å². The Morgan fingerprint density at radius 2 is 2.29 bits per heavy atom. The van der Waals surface area contributed by atoms with Crippen molar-refractivity contribution in [1.29, 1.82) is 0 Å². The van der Waals surface area contributed by atoms with Gasteiger partial charge in [-0.05, 0) is 12.8 Å². The van der Waals surface area contributed by atoms with Gasteiger partial charge < -0.3 is 5.11 Å². The summed E-state index contributed by atoms with van der Waals surface area (Å²) in [6, 6.07) is 0. The summed E-state index contributed by atoms with van der Waals surface area (Å²) in [4.78, 5) is 0.126. The van der Waals surface area contributed by atoms with Crippen LogP contribution in [0.1, 0.15) is 12.8 Å². The Bertz CT molecular complexity index is 346. The Morgan fingerprint density at radius 3 is 2.86 bits per heavy atom. The van der Waals surface area contributed by atoms with Crippen molar-refractivity contribution in [2.45, 2.75) is 17.7 Å². The fraction of sp³-hybridized carbons (Fsp3) is 0.571. The van der Waals surface area contributed by atoms with Gasteiger partial charge in [0, 0.05) is 19.3 Å². The van der Waals surface area contributed by atoms with E-state index in [4.69, 9.17) is 5.11 Å². The van der Waals surface area contributed by atoms with E-state index in [1.807, 2.05) is 0 Å². The van der Waals surface area contributed by atoms with E-state index in [-0.39, 0.29) is 11.5 Å². The molecule has 0 amide bonds. The van der Waals surface area contributed by atoms with Gasteiger partial charge in [-0.1, -0.05) is 0 Å². The zero-order chi connectivity index (χ0) is 10.4. The zero-order valence-electron chi connectivity index (χ0n) is 7.60. The predicted octanol–water partition coefficient (Wildman–Crippen LogP) is -0.540. The summed E-state index contributed by atoms with van der Waals surface area (Å²) in [5, 5.41) is 14.5. The molecular weight excluding hydrogens is 206 g/mol. The monoisotopic (exact) mass is 219 g/mol. The molecule has 80 valence electrons. The molecule has 0 aliphatic carbocycles. The smallest absolute Gasteiger partial charge is 0.243 e. The Hall–Kier alpha value is -0.920. The first-order valence-electron chi connectivity index (χ1n) is 4.26. The third-order valence-corrected chi connectivity index (χ3v) is 3.09. The SMILES string of the molecule is O=S(=O)(NCCCCO)c1cn[nH]c1. The summed E-state index contributed by atoms with van der Waals surface area (Å²) in [6.45, 7) is 0.404. The summed E-state index contributed by atoms with van der Waals surface area (Å²) in [5.74, 6) is 0. The highest BCUT2D eigenvalue weighted by atomic mass is 32.2. The van der Waals surface area contributed by atoms with Crippen LogP contribution in [-0.4, -0.2) is 36.9 Å². The molecule has 0 bridgehead atoms. The van der Waals surface area contributed by atoms with Gasteiger partial charge in [-0.3, -0.25) is 5.10 Å². The van der Waals surface area contributed by atoms with Crippen molar-refractivity contribution in [3.05, 3.63) is 12.4 Å². The van der Waals surface area contributed by atoms with Crippen LogP contribution in [0.2, 0.25) is 0 Å². The topological polar surface area (TPSA) is 95.1 Å². The van der Waals surface area contributed by atoms with Crippen LogP contribution in [0, 0.1) is 0 Å². The second-order valence-electron chi connectivity index (χ2n) is 2.76. The van der Waals surface area contributed by atoms with Gasteiger partial charge in [-0.2, -0.15) is 5.10 Å². The molecular formula is C7H13N3O3S. The Labute approximate surface area is 82.4 Å². The van der Waals surface area contributed by atoms with Gasteiger partial charge in [0.2, 0.25) is 10.0 Å². The number of nitrogens with zero attached hydrogens (tertiary/aromatic N) is 1. The summed E-state index contributed by atoms with van der Waals surface area (Å²) in [5.41, 5.74) is 0. The van der Waals surface area contributed by atoms with E-state index in [9.17, 15) is 8.42 Å². The van der Waals surface area contributed by atoms with Gasteiger partial charge in [0.15, 0.2) is 0 Å². The molecule has 0 radical (unpaired) electrons. The molecule has 0 unspecified atom stereocenters. The molecule has 1 aromatic rings. The first-order chi connectivity index (χ1) is 6.67. The largest absolute Gasteiger partial charge is 0.396 e. The summed E-state index contributed by atoms with van der Waals surface area (Å²) >= 11 is 0. The molecule has 0 fully saturated rings. The molecule has 0 saturated heterocycles. The van der Waals surface area contributed by atoms with Crippen LogP contribution in [0.15, 0.2) is 17.3 Å². The van der Waals surface area contributed by atoms with E-state index in [0.29, 0.717) is 19.4 Å². The number of nitrogens with one attached hydrogen (secondary N) is 2. The van der Waals surface area contributed by atoms with Crippen LogP contribution in [0.5, 0.6) is 0 Å². The van der Waals surface area contributed by atoms with E-state index in [1.54, 1.807) is 0 Å². The lowest BCUT2D eigenvalue weighted by molar-refractivity contribution is 0.285. The first kappa shape index (κ1) is 11.2. The van der Waals surface area contributed by atoms with Crippen molar-refractivity contribution >= 4 is 10.0 Å². The lowest BCUT2D eigenvalue weighted by Crippen LogP contribution is -2.24. The molecule has 6 nitrogen and oxygen atoms in total.